The second kappa shape index (κ2) is 5.69. The molecule has 0 unspecified atom stereocenters. The molecule has 0 atom stereocenters. The fourth-order valence-electron chi connectivity index (χ4n) is 3.50. The van der Waals surface area contributed by atoms with Gasteiger partial charge in [0.15, 0.2) is 0 Å². The van der Waals surface area contributed by atoms with Gasteiger partial charge in [-0.15, -0.1) is 0 Å². The van der Waals surface area contributed by atoms with E-state index in [-0.39, 0.29) is 17.3 Å². The number of likely N-dealkylation sites (tertiary alicyclic amines) is 1. The molecule has 4 nitrogen and oxygen atoms in total. The second-order valence-electron chi connectivity index (χ2n) is 7.77. The highest BCUT2D eigenvalue weighted by Crippen LogP contribution is 2.41. The van der Waals surface area contributed by atoms with E-state index in [0.29, 0.717) is 18.8 Å². The quantitative estimate of drug-likeness (QED) is 0.790. The Kier molecular flexibility index (Phi) is 3.98. The third-order valence-electron chi connectivity index (χ3n) is 4.78. The fourth-order valence-corrected chi connectivity index (χ4v) is 3.50. The predicted molar refractivity (Wildman–Crippen MR) is 88.1 cm³/mol. The molecule has 0 aliphatic carbocycles. The Morgan fingerprint density at radius 1 is 1.30 bits per heavy atom. The first-order valence-corrected chi connectivity index (χ1v) is 8.27. The molecule has 1 aromatic carbocycles. The summed E-state index contributed by atoms with van der Waals surface area (Å²) in [5, 5.41) is 3.26. The number of para-hydroxylation sites is 1. The summed E-state index contributed by atoms with van der Waals surface area (Å²) in [5.41, 5.74) is 1.34. The number of halogens is 1. The summed E-state index contributed by atoms with van der Waals surface area (Å²) in [6, 6.07) is 5.26. The van der Waals surface area contributed by atoms with Crippen LogP contribution in [0, 0.1) is 11.2 Å². The number of ether oxygens (including phenoxy) is 1. The Hall–Kier alpha value is -1.78. The van der Waals surface area contributed by atoms with E-state index in [2.05, 4.69) is 5.32 Å². The molecule has 5 heteroatoms. The first kappa shape index (κ1) is 16.1. The smallest absolute Gasteiger partial charge is 0.410 e. The molecule has 23 heavy (non-hydrogen) atoms. The van der Waals surface area contributed by atoms with Gasteiger partial charge in [0.2, 0.25) is 0 Å². The van der Waals surface area contributed by atoms with Gasteiger partial charge in [0.1, 0.15) is 11.4 Å². The lowest BCUT2D eigenvalue weighted by Crippen LogP contribution is -2.49. The Morgan fingerprint density at radius 3 is 2.65 bits per heavy atom. The van der Waals surface area contributed by atoms with Crippen LogP contribution in [0.5, 0.6) is 0 Å². The minimum absolute atomic E-state index is 0.110. The molecule has 1 aromatic rings. The van der Waals surface area contributed by atoms with Crippen molar-refractivity contribution in [2.45, 2.75) is 45.6 Å². The zero-order valence-electron chi connectivity index (χ0n) is 14.1. The van der Waals surface area contributed by atoms with Crippen molar-refractivity contribution >= 4 is 11.8 Å². The molecule has 1 fully saturated rings. The van der Waals surface area contributed by atoms with Crippen molar-refractivity contribution in [1.82, 2.24) is 4.90 Å². The Balaban J connectivity index is 1.64. The molecule has 1 saturated heterocycles. The first-order valence-electron chi connectivity index (χ1n) is 8.27. The van der Waals surface area contributed by atoms with E-state index in [9.17, 15) is 9.18 Å². The van der Waals surface area contributed by atoms with Crippen LogP contribution in [0.15, 0.2) is 18.2 Å². The predicted octanol–water partition coefficient (Wildman–Crippen LogP) is 3.81. The number of rotatable bonds is 0. The van der Waals surface area contributed by atoms with Gasteiger partial charge in [0.25, 0.3) is 0 Å². The number of carbonyl (C=O) groups is 1. The standard InChI is InChI=1S/C18H25FN2O2/c1-17(2,3)23-16(22)21-9-7-18(8-10-21)11-13-5-4-6-14(19)15(13)20-12-18/h4-6,20H,7-12H2,1-3H3. The van der Waals surface area contributed by atoms with Crippen molar-refractivity contribution in [3.05, 3.63) is 29.6 Å². The van der Waals surface area contributed by atoms with Gasteiger partial charge in [-0.2, -0.15) is 0 Å². The SMILES string of the molecule is CC(C)(C)OC(=O)N1CCC2(CC1)CNc1c(F)cccc1C2. The van der Waals surface area contributed by atoms with Gasteiger partial charge in [0.05, 0.1) is 5.69 Å². The Labute approximate surface area is 137 Å². The van der Waals surface area contributed by atoms with Crippen molar-refractivity contribution in [1.29, 1.82) is 0 Å². The molecule has 1 N–H and O–H groups in total. The molecule has 126 valence electrons. The minimum atomic E-state index is -0.463. The number of hydrogen-bond donors (Lipinski definition) is 1. The van der Waals surface area contributed by atoms with Gasteiger partial charge in [0, 0.05) is 19.6 Å². The number of anilines is 1. The van der Waals surface area contributed by atoms with Crippen molar-refractivity contribution in [2.24, 2.45) is 5.41 Å². The molecule has 1 amide bonds. The van der Waals surface area contributed by atoms with Gasteiger partial charge in [-0.1, -0.05) is 12.1 Å². The van der Waals surface area contributed by atoms with E-state index in [0.717, 1.165) is 31.4 Å². The van der Waals surface area contributed by atoms with E-state index < -0.39 is 5.60 Å². The third-order valence-corrected chi connectivity index (χ3v) is 4.78. The molecule has 1 spiro atoms. The molecular formula is C18H25FN2O2. The maximum atomic E-state index is 13.8. The third kappa shape index (κ3) is 3.43. The maximum Gasteiger partial charge on any atom is 0.410 e. The monoisotopic (exact) mass is 320 g/mol. The summed E-state index contributed by atoms with van der Waals surface area (Å²) in [6.07, 6.45) is 2.46. The van der Waals surface area contributed by atoms with Crippen LogP contribution in [0.4, 0.5) is 14.9 Å². The summed E-state index contributed by atoms with van der Waals surface area (Å²) in [7, 11) is 0. The first-order chi connectivity index (χ1) is 10.8. The summed E-state index contributed by atoms with van der Waals surface area (Å²) in [6.45, 7) is 7.80. The van der Waals surface area contributed by atoms with Crippen LogP contribution in [0.25, 0.3) is 0 Å². The molecule has 2 aliphatic rings. The number of nitrogens with zero attached hydrogens (tertiary/aromatic N) is 1. The average molecular weight is 320 g/mol. The van der Waals surface area contributed by atoms with Crippen molar-refractivity contribution in [2.75, 3.05) is 25.0 Å². The van der Waals surface area contributed by atoms with Gasteiger partial charge >= 0.3 is 6.09 Å². The number of carbonyl (C=O) groups excluding carboxylic acids is 1. The highest BCUT2D eigenvalue weighted by atomic mass is 19.1. The molecule has 0 bridgehead atoms. The number of nitrogens with one attached hydrogen (secondary N) is 1. The summed E-state index contributed by atoms with van der Waals surface area (Å²) in [5.74, 6) is -0.177. The van der Waals surface area contributed by atoms with Crippen LogP contribution >= 0.6 is 0 Å². The highest BCUT2D eigenvalue weighted by molar-refractivity contribution is 5.68. The van der Waals surface area contributed by atoms with Gasteiger partial charge in [-0.3, -0.25) is 0 Å². The minimum Gasteiger partial charge on any atom is -0.444 e. The van der Waals surface area contributed by atoms with Crippen LogP contribution in [0.3, 0.4) is 0 Å². The average Bonchev–Trinajstić information content (AvgIpc) is 2.46. The molecule has 0 saturated carbocycles. The van der Waals surface area contributed by atoms with E-state index in [1.807, 2.05) is 26.8 Å². The summed E-state index contributed by atoms with van der Waals surface area (Å²) >= 11 is 0. The van der Waals surface area contributed by atoms with Crippen LogP contribution in [0.1, 0.15) is 39.2 Å². The van der Waals surface area contributed by atoms with Gasteiger partial charge in [-0.25, -0.2) is 9.18 Å². The van der Waals surface area contributed by atoms with E-state index >= 15 is 0 Å². The lowest BCUT2D eigenvalue weighted by molar-refractivity contribution is 0.0110. The normalized spacial score (nSPS) is 19.9. The number of hydrogen-bond acceptors (Lipinski definition) is 3. The molecule has 2 heterocycles. The lowest BCUT2D eigenvalue weighted by atomic mass is 9.71. The van der Waals surface area contributed by atoms with Gasteiger partial charge < -0.3 is 15.0 Å². The molecular weight excluding hydrogens is 295 g/mol. The van der Waals surface area contributed by atoms with Gasteiger partial charge in [-0.05, 0) is 57.1 Å². The van der Waals surface area contributed by atoms with Crippen LogP contribution in [0.2, 0.25) is 0 Å². The number of fused-ring (bicyclic) bond motifs is 1. The van der Waals surface area contributed by atoms with E-state index in [1.165, 1.54) is 6.07 Å². The summed E-state index contributed by atoms with van der Waals surface area (Å²) in [4.78, 5) is 14.0. The second-order valence-corrected chi connectivity index (χ2v) is 7.77. The van der Waals surface area contributed by atoms with Crippen LogP contribution < -0.4 is 5.32 Å². The van der Waals surface area contributed by atoms with Crippen molar-refractivity contribution in [3.8, 4) is 0 Å². The zero-order chi connectivity index (χ0) is 16.7. The molecule has 3 rings (SSSR count). The molecule has 0 radical (unpaired) electrons. The summed E-state index contributed by atoms with van der Waals surface area (Å²) < 4.78 is 19.3. The van der Waals surface area contributed by atoms with Crippen LogP contribution in [-0.4, -0.2) is 36.2 Å². The Morgan fingerprint density at radius 2 is 2.00 bits per heavy atom. The van der Waals surface area contributed by atoms with Crippen molar-refractivity contribution < 1.29 is 13.9 Å². The highest BCUT2D eigenvalue weighted by Gasteiger charge is 2.39. The maximum absolute atomic E-state index is 13.8. The molecule has 0 aromatic heterocycles. The van der Waals surface area contributed by atoms with E-state index in [4.69, 9.17) is 4.74 Å². The number of benzene rings is 1. The fraction of sp³-hybridized carbons (Fsp3) is 0.611. The number of amides is 1. The molecule has 2 aliphatic heterocycles. The largest absolute Gasteiger partial charge is 0.444 e. The van der Waals surface area contributed by atoms with Crippen molar-refractivity contribution in [3.63, 3.8) is 0 Å². The van der Waals surface area contributed by atoms with E-state index in [1.54, 1.807) is 11.0 Å². The number of piperidine rings is 1. The zero-order valence-corrected chi connectivity index (χ0v) is 14.1. The lowest BCUT2D eigenvalue weighted by Gasteiger charge is -2.45. The topological polar surface area (TPSA) is 41.6 Å². The van der Waals surface area contributed by atoms with Crippen LogP contribution in [-0.2, 0) is 11.2 Å². The Bertz CT molecular complexity index is 602.